The average molecular weight is 220 g/mol. The number of carbonyl (C=O) groups excluding carboxylic acids is 2. The van der Waals surface area contributed by atoms with Crippen molar-refractivity contribution >= 4 is 11.6 Å². The summed E-state index contributed by atoms with van der Waals surface area (Å²) in [4.78, 5) is 24.3. The van der Waals surface area contributed by atoms with Gasteiger partial charge in [-0.15, -0.1) is 0 Å². The fourth-order valence-electron chi connectivity index (χ4n) is 5.05. The van der Waals surface area contributed by atoms with Gasteiger partial charge in [-0.1, -0.05) is 13.8 Å². The number of ketones is 2. The van der Waals surface area contributed by atoms with Crippen molar-refractivity contribution in [3.05, 3.63) is 0 Å². The second kappa shape index (κ2) is 2.96. The quantitative estimate of drug-likeness (QED) is 0.629. The molecule has 4 rings (SSSR count). The van der Waals surface area contributed by atoms with Crippen molar-refractivity contribution < 1.29 is 9.59 Å². The number of hydrogen-bond acceptors (Lipinski definition) is 2. The van der Waals surface area contributed by atoms with Crippen LogP contribution in [0.4, 0.5) is 0 Å². The average Bonchev–Trinajstić information content (AvgIpc) is 2.15. The van der Waals surface area contributed by atoms with Crippen LogP contribution >= 0.6 is 0 Å². The fraction of sp³-hybridized carbons (Fsp3) is 0.857. The molecule has 4 atom stereocenters. The van der Waals surface area contributed by atoms with Gasteiger partial charge in [0.25, 0.3) is 0 Å². The Labute approximate surface area is 96.8 Å². The van der Waals surface area contributed by atoms with E-state index in [9.17, 15) is 9.59 Å². The van der Waals surface area contributed by atoms with Gasteiger partial charge in [0.2, 0.25) is 0 Å². The standard InChI is InChI=1S/C14H20O2/c1-13-7-5-9(11(16)8-13)14(2)6-3-4-10(15)12(13)14/h9,12H,3-8H2,1-2H3/t9-,12-,13-,14-/m1/s1. The lowest BCUT2D eigenvalue weighted by atomic mass is 9.41. The van der Waals surface area contributed by atoms with Crippen molar-refractivity contribution in [1.82, 2.24) is 0 Å². The van der Waals surface area contributed by atoms with E-state index >= 15 is 0 Å². The lowest BCUT2D eigenvalue weighted by Crippen LogP contribution is -2.61. The van der Waals surface area contributed by atoms with Gasteiger partial charge >= 0.3 is 0 Å². The molecule has 0 radical (unpaired) electrons. The minimum Gasteiger partial charge on any atom is -0.299 e. The molecule has 2 nitrogen and oxygen atoms in total. The maximum Gasteiger partial charge on any atom is 0.137 e. The first-order valence-electron chi connectivity index (χ1n) is 6.53. The maximum absolute atomic E-state index is 12.2. The Morgan fingerprint density at radius 1 is 1.12 bits per heavy atom. The predicted octanol–water partition coefficient (Wildman–Crippen LogP) is 2.75. The molecule has 0 aromatic heterocycles. The number of rotatable bonds is 0. The summed E-state index contributed by atoms with van der Waals surface area (Å²) in [6, 6.07) is 0. The first-order valence-corrected chi connectivity index (χ1v) is 6.53. The maximum atomic E-state index is 12.2. The molecule has 0 N–H and O–H groups in total. The predicted molar refractivity (Wildman–Crippen MR) is 60.9 cm³/mol. The van der Waals surface area contributed by atoms with Crippen molar-refractivity contribution in [1.29, 1.82) is 0 Å². The Balaban J connectivity index is 2.11. The van der Waals surface area contributed by atoms with Crippen molar-refractivity contribution in [3.8, 4) is 0 Å². The summed E-state index contributed by atoms with van der Waals surface area (Å²) >= 11 is 0. The molecule has 2 heteroatoms. The minimum atomic E-state index is -0.0158. The third-order valence-corrected chi connectivity index (χ3v) is 5.58. The first kappa shape index (κ1) is 10.5. The normalized spacial score (nSPS) is 51.6. The fourth-order valence-corrected chi connectivity index (χ4v) is 5.05. The van der Waals surface area contributed by atoms with E-state index < -0.39 is 0 Å². The third-order valence-electron chi connectivity index (χ3n) is 5.58. The molecule has 0 aromatic carbocycles. The molecular formula is C14H20O2. The smallest absolute Gasteiger partial charge is 0.137 e. The zero-order chi connectivity index (χ0) is 11.6. The van der Waals surface area contributed by atoms with Crippen molar-refractivity contribution in [3.63, 3.8) is 0 Å². The zero-order valence-corrected chi connectivity index (χ0v) is 10.2. The van der Waals surface area contributed by atoms with E-state index in [2.05, 4.69) is 13.8 Å². The molecule has 0 aromatic rings. The van der Waals surface area contributed by atoms with Crippen LogP contribution in [0, 0.1) is 22.7 Å². The highest BCUT2D eigenvalue weighted by Gasteiger charge is 2.63. The highest BCUT2D eigenvalue weighted by Crippen LogP contribution is 2.64. The summed E-state index contributed by atoms with van der Waals surface area (Å²) in [7, 11) is 0. The Bertz CT molecular complexity index is 373. The van der Waals surface area contributed by atoms with E-state index in [1.165, 1.54) is 0 Å². The van der Waals surface area contributed by atoms with Gasteiger partial charge in [0.05, 0.1) is 0 Å². The molecule has 88 valence electrons. The van der Waals surface area contributed by atoms with Gasteiger partial charge in [0.1, 0.15) is 11.6 Å². The minimum absolute atomic E-state index is 0.00231. The Morgan fingerprint density at radius 3 is 2.56 bits per heavy atom. The molecule has 4 aliphatic carbocycles. The molecule has 4 aliphatic rings. The van der Waals surface area contributed by atoms with Gasteiger partial charge in [-0.25, -0.2) is 0 Å². The Kier molecular flexibility index (Phi) is 1.94. The van der Waals surface area contributed by atoms with Gasteiger partial charge < -0.3 is 0 Å². The lowest BCUT2D eigenvalue weighted by molar-refractivity contribution is -0.171. The van der Waals surface area contributed by atoms with Crippen LogP contribution in [0.15, 0.2) is 0 Å². The topological polar surface area (TPSA) is 34.1 Å². The van der Waals surface area contributed by atoms with Crippen LogP contribution < -0.4 is 0 Å². The third kappa shape index (κ3) is 1.08. The molecule has 0 heterocycles. The van der Waals surface area contributed by atoms with Crippen molar-refractivity contribution in [2.24, 2.45) is 22.7 Å². The second-order valence-electron chi connectivity index (χ2n) is 6.65. The van der Waals surface area contributed by atoms with E-state index in [0.29, 0.717) is 18.0 Å². The van der Waals surface area contributed by atoms with Crippen LogP contribution in [0.5, 0.6) is 0 Å². The number of fused-ring (bicyclic) bond motifs is 2. The summed E-state index contributed by atoms with van der Waals surface area (Å²) in [5.74, 6) is 1.23. The van der Waals surface area contributed by atoms with E-state index in [4.69, 9.17) is 0 Å². The van der Waals surface area contributed by atoms with Gasteiger partial charge in [0.15, 0.2) is 0 Å². The number of hydrogen-bond donors (Lipinski definition) is 0. The number of carbonyl (C=O) groups is 2. The first-order chi connectivity index (χ1) is 7.47. The summed E-state index contributed by atoms with van der Waals surface area (Å²) in [5.41, 5.74) is -0.0181. The van der Waals surface area contributed by atoms with E-state index in [1.54, 1.807) is 0 Å². The second-order valence-corrected chi connectivity index (χ2v) is 6.65. The number of Topliss-reactive ketones (excluding diaryl/α,β-unsaturated/α-hetero) is 2. The zero-order valence-electron chi connectivity index (χ0n) is 10.2. The van der Waals surface area contributed by atoms with Crippen molar-refractivity contribution in [2.45, 2.75) is 52.4 Å². The van der Waals surface area contributed by atoms with Crippen LogP contribution in [0.25, 0.3) is 0 Å². The van der Waals surface area contributed by atoms with E-state index in [1.807, 2.05) is 0 Å². The van der Waals surface area contributed by atoms with Crippen LogP contribution in [0.2, 0.25) is 0 Å². The highest BCUT2D eigenvalue weighted by molar-refractivity contribution is 5.91. The molecule has 4 saturated carbocycles. The summed E-state index contributed by atoms with van der Waals surface area (Å²) < 4.78 is 0. The SMILES string of the molecule is C[C@@]12CC[C@H](C(=O)C1)[C@@]1(C)CCCC(=O)[C@H]21. The Morgan fingerprint density at radius 2 is 1.88 bits per heavy atom. The van der Waals surface area contributed by atoms with Crippen LogP contribution in [0.1, 0.15) is 52.4 Å². The molecular weight excluding hydrogens is 200 g/mol. The van der Waals surface area contributed by atoms with Crippen LogP contribution in [0.3, 0.4) is 0 Å². The molecule has 0 aliphatic heterocycles. The van der Waals surface area contributed by atoms with Crippen molar-refractivity contribution in [2.75, 3.05) is 0 Å². The molecule has 2 bridgehead atoms. The molecule has 4 fully saturated rings. The Hall–Kier alpha value is -0.660. The molecule has 0 amide bonds. The van der Waals surface area contributed by atoms with Crippen LogP contribution in [-0.2, 0) is 9.59 Å². The lowest BCUT2D eigenvalue weighted by Gasteiger charge is -2.61. The van der Waals surface area contributed by atoms with E-state index in [0.717, 1.165) is 32.1 Å². The summed E-state index contributed by atoms with van der Waals surface area (Å²) in [6.45, 7) is 4.38. The van der Waals surface area contributed by atoms with Gasteiger partial charge in [0, 0.05) is 24.7 Å². The highest BCUT2D eigenvalue weighted by atomic mass is 16.1. The largest absolute Gasteiger partial charge is 0.299 e. The summed E-state index contributed by atoms with van der Waals surface area (Å²) in [6.07, 6.45) is 5.58. The van der Waals surface area contributed by atoms with Crippen LogP contribution in [-0.4, -0.2) is 11.6 Å². The summed E-state index contributed by atoms with van der Waals surface area (Å²) in [5, 5.41) is 0. The molecule has 0 spiro atoms. The van der Waals surface area contributed by atoms with E-state index in [-0.39, 0.29) is 22.7 Å². The van der Waals surface area contributed by atoms with Gasteiger partial charge in [-0.3, -0.25) is 9.59 Å². The molecule has 16 heavy (non-hydrogen) atoms. The van der Waals surface area contributed by atoms with Gasteiger partial charge in [-0.2, -0.15) is 0 Å². The monoisotopic (exact) mass is 220 g/mol. The van der Waals surface area contributed by atoms with Gasteiger partial charge in [-0.05, 0) is 36.5 Å². The molecule has 0 saturated heterocycles. The molecule has 0 unspecified atom stereocenters.